The van der Waals surface area contributed by atoms with E-state index in [-0.39, 0.29) is 0 Å². The fourth-order valence-corrected chi connectivity index (χ4v) is 2.83. The zero-order valence-electron chi connectivity index (χ0n) is 10.6. The standard InChI is InChI=1S/C14H16ClN3/c1-9-5-11-6-12(15)3-4-14(11)18(9)8-13-7-16-10(2)17-13/h3-4,6-7,9H,5,8H2,1-2H3,(H,16,17)/t9-/m0/s1. The third-order valence-electron chi connectivity index (χ3n) is 3.49. The Morgan fingerprint density at radius 2 is 2.33 bits per heavy atom. The highest BCUT2D eigenvalue weighted by molar-refractivity contribution is 6.30. The number of imidazole rings is 1. The van der Waals surface area contributed by atoms with Crippen molar-refractivity contribution in [2.24, 2.45) is 0 Å². The summed E-state index contributed by atoms with van der Waals surface area (Å²) in [5, 5.41) is 0.820. The van der Waals surface area contributed by atoms with E-state index in [0.29, 0.717) is 6.04 Å². The van der Waals surface area contributed by atoms with E-state index >= 15 is 0 Å². The fraction of sp³-hybridized carbons (Fsp3) is 0.357. The van der Waals surface area contributed by atoms with Crippen molar-refractivity contribution >= 4 is 17.3 Å². The Bertz CT molecular complexity index is 576. The van der Waals surface area contributed by atoms with E-state index < -0.39 is 0 Å². The summed E-state index contributed by atoms with van der Waals surface area (Å²) in [6.45, 7) is 5.10. The van der Waals surface area contributed by atoms with Crippen molar-refractivity contribution < 1.29 is 0 Å². The van der Waals surface area contributed by atoms with E-state index in [2.05, 4.69) is 33.9 Å². The van der Waals surface area contributed by atoms with Gasteiger partial charge in [-0.15, -0.1) is 0 Å². The summed E-state index contributed by atoms with van der Waals surface area (Å²) >= 11 is 6.05. The molecule has 94 valence electrons. The third-order valence-corrected chi connectivity index (χ3v) is 3.73. The molecule has 1 aromatic heterocycles. The largest absolute Gasteiger partial charge is 0.362 e. The minimum Gasteiger partial charge on any atom is -0.362 e. The molecule has 0 unspecified atom stereocenters. The van der Waals surface area contributed by atoms with Crippen LogP contribution < -0.4 is 4.90 Å². The molecule has 0 amide bonds. The molecule has 18 heavy (non-hydrogen) atoms. The van der Waals surface area contributed by atoms with Crippen molar-refractivity contribution in [3.63, 3.8) is 0 Å². The molecule has 0 saturated heterocycles. The highest BCUT2D eigenvalue weighted by Crippen LogP contribution is 2.34. The molecule has 0 spiro atoms. The van der Waals surface area contributed by atoms with E-state index in [1.54, 1.807) is 0 Å². The van der Waals surface area contributed by atoms with Crippen LogP contribution in [0.2, 0.25) is 5.02 Å². The predicted molar refractivity (Wildman–Crippen MR) is 74.1 cm³/mol. The lowest BCUT2D eigenvalue weighted by molar-refractivity contribution is 0.666. The summed E-state index contributed by atoms with van der Waals surface area (Å²) in [4.78, 5) is 9.94. The maximum atomic E-state index is 6.05. The normalized spacial score (nSPS) is 18.2. The van der Waals surface area contributed by atoms with Gasteiger partial charge in [0.25, 0.3) is 0 Å². The van der Waals surface area contributed by atoms with Crippen molar-refractivity contribution in [3.8, 4) is 0 Å². The maximum Gasteiger partial charge on any atom is 0.103 e. The van der Waals surface area contributed by atoms with E-state index in [1.165, 1.54) is 11.3 Å². The number of anilines is 1. The number of aryl methyl sites for hydroxylation is 1. The number of aromatic amines is 1. The summed E-state index contributed by atoms with van der Waals surface area (Å²) in [5.41, 5.74) is 3.78. The minimum atomic E-state index is 0.502. The van der Waals surface area contributed by atoms with Gasteiger partial charge in [0.15, 0.2) is 0 Å². The molecule has 0 saturated carbocycles. The van der Waals surface area contributed by atoms with E-state index in [9.17, 15) is 0 Å². The number of hydrogen-bond acceptors (Lipinski definition) is 2. The van der Waals surface area contributed by atoms with Gasteiger partial charge in [0.1, 0.15) is 5.82 Å². The molecule has 1 N–H and O–H groups in total. The van der Waals surface area contributed by atoms with Gasteiger partial charge < -0.3 is 9.88 Å². The van der Waals surface area contributed by atoms with Gasteiger partial charge >= 0.3 is 0 Å². The maximum absolute atomic E-state index is 6.05. The average molecular weight is 262 g/mol. The van der Waals surface area contributed by atoms with Gasteiger partial charge in [-0.1, -0.05) is 11.6 Å². The van der Waals surface area contributed by atoms with Gasteiger partial charge in [0, 0.05) is 16.8 Å². The molecule has 4 heteroatoms. The van der Waals surface area contributed by atoms with E-state index in [0.717, 1.165) is 29.5 Å². The van der Waals surface area contributed by atoms with Gasteiger partial charge in [-0.25, -0.2) is 4.98 Å². The van der Waals surface area contributed by atoms with Crippen LogP contribution >= 0.6 is 11.6 Å². The Balaban J connectivity index is 1.89. The topological polar surface area (TPSA) is 31.9 Å². The van der Waals surface area contributed by atoms with Crippen LogP contribution in [0.25, 0.3) is 0 Å². The number of nitrogens with one attached hydrogen (secondary N) is 1. The zero-order valence-corrected chi connectivity index (χ0v) is 11.3. The molecule has 1 atom stereocenters. The number of hydrogen-bond donors (Lipinski definition) is 1. The zero-order chi connectivity index (χ0) is 12.7. The Kier molecular flexibility index (Phi) is 2.78. The smallest absolute Gasteiger partial charge is 0.103 e. The predicted octanol–water partition coefficient (Wildman–Crippen LogP) is 3.32. The first-order valence-corrected chi connectivity index (χ1v) is 6.57. The summed E-state index contributed by atoms with van der Waals surface area (Å²) in [6.07, 6.45) is 2.97. The number of rotatable bonds is 2. The van der Waals surface area contributed by atoms with Crippen molar-refractivity contribution in [2.45, 2.75) is 32.9 Å². The molecule has 0 radical (unpaired) electrons. The van der Waals surface area contributed by atoms with Crippen molar-refractivity contribution in [2.75, 3.05) is 4.90 Å². The van der Waals surface area contributed by atoms with Crippen LogP contribution in [0, 0.1) is 6.92 Å². The first-order valence-electron chi connectivity index (χ1n) is 6.19. The SMILES string of the molecule is Cc1ncc(CN2c3ccc(Cl)cc3C[C@@H]2C)[nH]1. The van der Waals surface area contributed by atoms with Gasteiger partial charge in [0.05, 0.1) is 18.4 Å². The van der Waals surface area contributed by atoms with Crippen LogP contribution in [0.3, 0.4) is 0 Å². The summed E-state index contributed by atoms with van der Waals surface area (Å²) in [7, 11) is 0. The molecule has 2 aromatic rings. The van der Waals surface area contributed by atoms with Crippen molar-refractivity contribution in [3.05, 3.63) is 46.5 Å². The van der Waals surface area contributed by atoms with Crippen LogP contribution in [-0.4, -0.2) is 16.0 Å². The van der Waals surface area contributed by atoms with E-state index in [4.69, 9.17) is 11.6 Å². The van der Waals surface area contributed by atoms with Crippen molar-refractivity contribution in [1.82, 2.24) is 9.97 Å². The van der Waals surface area contributed by atoms with Crippen LogP contribution in [-0.2, 0) is 13.0 Å². The van der Waals surface area contributed by atoms with Gasteiger partial charge in [0.2, 0.25) is 0 Å². The lowest BCUT2D eigenvalue weighted by Gasteiger charge is -2.24. The molecular formula is C14H16ClN3. The van der Waals surface area contributed by atoms with Crippen LogP contribution in [0.1, 0.15) is 24.0 Å². The second kappa shape index (κ2) is 4.32. The number of halogens is 1. The number of fused-ring (bicyclic) bond motifs is 1. The Labute approximate surface area is 112 Å². The lowest BCUT2D eigenvalue weighted by atomic mass is 10.1. The van der Waals surface area contributed by atoms with Gasteiger partial charge in [-0.05, 0) is 44.0 Å². The molecule has 0 fully saturated rings. The third kappa shape index (κ3) is 1.99. The fourth-order valence-electron chi connectivity index (χ4n) is 2.64. The summed E-state index contributed by atoms with van der Waals surface area (Å²) in [6, 6.07) is 6.65. The molecule has 1 aliphatic rings. The highest BCUT2D eigenvalue weighted by atomic mass is 35.5. The molecular weight excluding hydrogens is 246 g/mol. The summed E-state index contributed by atoms with van der Waals surface area (Å²) in [5.74, 6) is 0.966. The highest BCUT2D eigenvalue weighted by Gasteiger charge is 2.26. The Hall–Kier alpha value is -1.48. The van der Waals surface area contributed by atoms with Crippen LogP contribution in [0.5, 0.6) is 0 Å². The molecule has 0 bridgehead atoms. The molecule has 3 nitrogen and oxygen atoms in total. The molecule has 3 rings (SSSR count). The first kappa shape index (κ1) is 11.6. The van der Waals surface area contributed by atoms with Crippen LogP contribution in [0.4, 0.5) is 5.69 Å². The van der Waals surface area contributed by atoms with Gasteiger partial charge in [-0.2, -0.15) is 0 Å². The monoisotopic (exact) mass is 261 g/mol. The van der Waals surface area contributed by atoms with E-state index in [1.807, 2.05) is 19.2 Å². The quantitative estimate of drug-likeness (QED) is 0.899. The number of aromatic nitrogens is 2. The summed E-state index contributed by atoms with van der Waals surface area (Å²) < 4.78 is 0. The second-order valence-electron chi connectivity index (χ2n) is 4.95. The van der Waals surface area contributed by atoms with Gasteiger partial charge in [-0.3, -0.25) is 0 Å². The lowest BCUT2D eigenvalue weighted by Crippen LogP contribution is -2.28. The number of H-pyrrole nitrogens is 1. The van der Waals surface area contributed by atoms with Crippen molar-refractivity contribution in [1.29, 1.82) is 0 Å². The average Bonchev–Trinajstić information content (AvgIpc) is 2.84. The molecule has 0 aliphatic carbocycles. The number of nitrogens with zero attached hydrogens (tertiary/aromatic N) is 2. The minimum absolute atomic E-state index is 0.502. The second-order valence-corrected chi connectivity index (χ2v) is 5.38. The molecule has 1 aliphatic heterocycles. The Morgan fingerprint density at radius 1 is 1.50 bits per heavy atom. The molecule has 2 heterocycles. The number of benzene rings is 1. The molecule has 1 aromatic carbocycles. The Morgan fingerprint density at radius 3 is 3.06 bits per heavy atom. The van der Waals surface area contributed by atoms with Crippen LogP contribution in [0.15, 0.2) is 24.4 Å². The first-order chi connectivity index (χ1) is 8.63.